The quantitative estimate of drug-likeness (QED) is 0.872. The average molecular weight is 283 g/mol. The summed E-state index contributed by atoms with van der Waals surface area (Å²) in [6.07, 6.45) is 1.51. The van der Waals surface area contributed by atoms with Crippen LogP contribution in [-0.2, 0) is 0 Å². The van der Waals surface area contributed by atoms with Crippen molar-refractivity contribution in [1.82, 2.24) is 4.98 Å². The van der Waals surface area contributed by atoms with Gasteiger partial charge in [0.2, 0.25) is 0 Å². The van der Waals surface area contributed by atoms with E-state index in [2.05, 4.69) is 4.90 Å². The minimum absolute atomic E-state index is 0.146. The van der Waals surface area contributed by atoms with E-state index < -0.39 is 0 Å². The normalized spacial score (nSPS) is 17.6. The molecule has 5 heteroatoms. The monoisotopic (exact) mass is 282 g/mol. The Morgan fingerprint density at radius 3 is 2.83 bits per heavy atom. The van der Waals surface area contributed by atoms with Crippen LogP contribution in [0.1, 0.15) is 18.4 Å². The molecule has 1 aliphatic rings. The second kappa shape index (κ2) is 4.68. The number of rotatable bonds is 1. The minimum Gasteiger partial charge on any atom is -0.393 e. The van der Waals surface area contributed by atoms with Crippen LogP contribution in [0, 0.1) is 6.92 Å². The van der Waals surface area contributed by atoms with E-state index in [1.807, 2.05) is 19.1 Å². The van der Waals surface area contributed by atoms with Crippen LogP contribution in [0.15, 0.2) is 12.1 Å². The molecule has 3 nitrogen and oxygen atoms in total. The van der Waals surface area contributed by atoms with Crippen LogP contribution < -0.4 is 4.90 Å². The number of anilines is 1. The fourth-order valence-electron chi connectivity index (χ4n) is 2.34. The third-order valence-electron chi connectivity index (χ3n) is 3.37. The number of benzene rings is 1. The van der Waals surface area contributed by atoms with Crippen LogP contribution in [0.4, 0.5) is 5.13 Å². The van der Waals surface area contributed by atoms with Gasteiger partial charge in [0.05, 0.1) is 16.3 Å². The first-order chi connectivity index (χ1) is 8.63. The second-order valence-electron chi connectivity index (χ2n) is 4.78. The SMILES string of the molecule is Cc1cc(Cl)cc2sc(N3CCC(O)CC3)nc12. The molecule has 1 fully saturated rings. The van der Waals surface area contributed by atoms with Crippen molar-refractivity contribution in [3.63, 3.8) is 0 Å². The number of aryl methyl sites for hydroxylation is 1. The summed E-state index contributed by atoms with van der Waals surface area (Å²) < 4.78 is 1.14. The van der Waals surface area contributed by atoms with Crippen molar-refractivity contribution in [3.05, 3.63) is 22.7 Å². The summed E-state index contributed by atoms with van der Waals surface area (Å²) in [7, 11) is 0. The van der Waals surface area contributed by atoms with Gasteiger partial charge in [0.25, 0.3) is 0 Å². The zero-order valence-corrected chi connectivity index (χ0v) is 11.8. The Bertz CT molecular complexity index is 576. The maximum absolute atomic E-state index is 9.53. The van der Waals surface area contributed by atoms with E-state index >= 15 is 0 Å². The van der Waals surface area contributed by atoms with Crippen molar-refractivity contribution in [2.24, 2.45) is 0 Å². The van der Waals surface area contributed by atoms with Crippen molar-refractivity contribution >= 4 is 38.3 Å². The second-order valence-corrected chi connectivity index (χ2v) is 6.23. The highest BCUT2D eigenvalue weighted by atomic mass is 35.5. The molecule has 1 aromatic carbocycles. The standard InChI is InChI=1S/C13H15ClN2OS/c1-8-6-9(14)7-11-12(8)15-13(18-11)16-4-2-10(17)3-5-16/h6-7,10,17H,2-5H2,1H3. The lowest BCUT2D eigenvalue weighted by Gasteiger charge is -2.28. The Hall–Kier alpha value is -0.840. The number of aliphatic hydroxyl groups excluding tert-OH is 1. The maximum atomic E-state index is 9.53. The predicted octanol–water partition coefficient (Wildman–Crippen LogP) is 3.22. The molecular weight excluding hydrogens is 268 g/mol. The molecule has 3 rings (SSSR count). The fraction of sp³-hybridized carbons (Fsp3) is 0.462. The number of thiazole rings is 1. The number of piperidine rings is 1. The van der Waals surface area contributed by atoms with Gasteiger partial charge in [-0.2, -0.15) is 0 Å². The molecule has 1 aromatic heterocycles. The smallest absolute Gasteiger partial charge is 0.186 e. The van der Waals surface area contributed by atoms with E-state index in [-0.39, 0.29) is 6.10 Å². The molecule has 0 saturated carbocycles. The lowest BCUT2D eigenvalue weighted by molar-refractivity contribution is 0.145. The lowest BCUT2D eigenvalue weighted by atomic mass is 10.1. The van der Waals surface area contributed by atoms with Gasteiger partial charge >= 0.3 is 0 Å². The summed E-state index contributed by atoms with van der Waals surface area (Å²) in [6.45, 7) is 3.80. The topological polar surface area (TPSA) is 36.4 Å². The zero-order valence-electron chi connectivity index (χ0n) is 10.2. The highest BCUT2D eigenvalue weighted by molar-refractivity contribution is 7.22. The van der Waals surface area contributed by atoms with Crippen molar-refractivity contribution < 1.29 is 5.11 Å². The summed E-state index contributed by atoms with van der Waals surface area (Å²) in [4.78, 5) is 6.96. The van der Waals surface area contributed by atoms with Crippen LogP contribution in [0.3, 0.4) is 0 Å². The molecular formula is C13H15ClN2OS. The number of aliphatic hydroxyl groups is 1. The largest absolute Gasteiger partial charge is 0.393 e. The number of fused-ring (bicyclic) bond motifs is 1. The van der Waals surface area contributed by atoms with Crippen LogP contribution in [-0.4, -0.2) is 29.3 Å². The Labute approximate surface area is 115 Å². The van der Waals surface area contributed by atoms with Gasteiger partial charge in [-0.1, -0.05) is 22.9 Å². The van der Waals surface area contributed by atoms with Crippen LogP contribution in [0.5, 0.6) is 0 Å². The molecule has 0 aliphatic carbocycles. The van der Waals surface area contributed by atoms with Gasteiger partial charge in [0, 0.05) is 18.1 Å². The zero-order chi connectivity index (χ0) is 12.7. The van der Waals surface area contributed by atoms with Crippen molar-refractivity contribution in [2.45, 2.75) is 25.9 Å². The summed E-state index contributed by atoms with van der Waals surface area (Å²) in [5, 5.41) is 11.3. The summed E-state index contributed by atoms with van der Waals surface area (Å²) >= 11 is 7.75. The third-order valence-corrected chi connectivity index (χ3v) is 4.66. The summed E-state index contributed by atoms with van der Waals surface area (Å²) in [6, 6.07) is 3.93. The van der Waals surface area contributed by atoms with Gasteiger partial charge in [-0.05, 0) is 37.5 Å². The van der Waals surface area contributed by atoms with E-state index in [1.165, 1.54) is 0 Å². The van der Waals surface area contributed by atoms with Gasteiger partial charge in [0.15, 0.2) is 5.13 Å². The Morgan fingerprint density at radius 2 is 2.11 bits per heavy atom. The van der Waals surface area contributed by atoms with Crippen LogP contribution >= 0.6 is 22.9 Å². The molecule has 1 aliphatic heterocycles. The van der Waals surface area contributed by atoms with E-state index in [4.69, 9.17) is 16.6 Å². The molecule has 0 amide bonds. The molecule has 0 atom stereocenters. The molecule has 18 heavy (non-hydrogen) atoms. The number of hydrogen-bond acceptors (Lipinski definition) is 4. The first kappa shape index (κ1) is 12.2. The van der Waals surface area contributed by atoms with Gasteiger partial charge < -0.3 is 10.0 Å². The maximum Gasteiger partial charge on any atom is 0.186 e. The molecule has 2 heterocycles. The molecule has 96 valence electrons. The Morgan fingerprint density at radius 1 is 1.39 bits per heavy atom. The number of halogens is 1. The number of hydrogen-bond donors (Lipinski definition) is 1. The third kappa shape index (κ3) is 2.20. The summed E-state index contributed by atoms with van der Waals surface area (Å²) in [5.41, 5.74) is 2.17. The van der Waals surface area contributed by atoms with Crippen molar-refractivity contribution in [1.29, 1.82) is 0 Å². The van der Waals surface area contributed by atoms with Crippen molar-refractivity contribution in [3.8, 4) is 0 Å². The Balaban J connectivity index is 1.96. The van der Waals surface area contributed by atoms with E-state index in [0.717, 1.165) is 51.9 Å². The molecule has 1 N–H and O–H groups in total. The van der Waals surface area contributed by atoms with Gasteiger partial charge in [0.1, 0.15) is 0 Å². The van der Waals surface area contributed by atoms with Gasteiger partial charge in [-0.25, -0.2) is 4.98 Å². The number of nitrogens with zero attached hydrogens (tertiary/aromatic N) is 2. The molecule has 0 unspecified atom stereocenters. The van der Waals surface area contributed by atoms with Gasteiger partial charge in [-0.15, -0.1) is 0 Å². The fourth-order valence-corrected chi connectivity index (χ4v) is 3.81. The first-order valence-electron chi connectivity index (χ1n) is 6.13. The number of aromatic nitrogens is 1. The Kier molecular flexibility index (Phi) is 3.18. The predicted molar refractivity (Wildman–Crippen MR) is 76.8 cm³/mol. The van der Waals surface area contributed by atoms with Crippen LogP contribution in [0.25, 0.3) is 10.2 Å². The minimum atomic E-state index is -0.146. The van der Waals surface area contributed by atoms with Gasteiger partial charge in [-0.3, -0.25) is 0 Å². The molecule has 1 saturated heterocycles. The van der Waals surface area contributed by atoms with Crippen LogP contribution in [0.2, 0.25) is 5.02 Å². The molecule has 0 spiro atoms. The van der Waals surface area contributed by atoms with E-state index in [1.54, 1.807) is 11.3 Å². The van der Waals surface area contributed by atoms with E-state index in [9.17, 15) is 5.11 Å². The summed E-state index contributed by atoms with van der Waals surface area (Å²) in [5.74, 6) is 0. The molecule has 0 bridgehead atoms. The highest BCUT2D eigenvalue weighted by Gasteiger charge is 2.20. The molecule has 2 aromatic rings. The van der Waals surface area contributed by atoms with E-state index in [0.29, 0.717) is 0 Å². The lowest BCUT2D eigenvalue weighted by Crippen LogP contribution is -2.35. The molecule has 0 radical (unpaired) electrons. The average Bonchev–Trinajstić information content (AvgIpc) is 2.74. The van der Waals surface area contributed by atoms with Crippen molar-refractivity contribution in [2.75, 3.05) is 18.0 Å². The first-order valence-corrected chi connectivity index (χ1v) is 7.32. The highest BCUT2D eigenvalue weighted by Crippen LogP contribution is 2.33.